The van der Waals surface area contributed by atoms with Crippen LogP contribution in [0.2, 0.25) is 0 Å². The smallest absolute Gasteiger partial charge is 0.291 e. The minimum absolute atomic E-state index is 0.0515. The summed E-state index contributed by atoms with van der Waals surface area (Å²) in [7, 11) is 1.86. The van der Waals surface area contributed by atoms with E-state index in [0.29, 0.717) is 44.1 Å². The van der Waals surface area contributed by atoms with Gasteiger partial charge in [-0.15, -0.1) is 0 Å². The van der Waals surface area contributed by atoms with Gasteiger partial charge in [-0.2, -0.15) is 0 Å². The minimum atomic E-state index is -0.380. The summed E-state index contributed by atoms with van der Waals surface area (Å²) in [5.41, 5.74) is 8.85. The fourth-order valence-corrected chi connectivity index (χ4v) is 5.87. The second-order valence-electron chi connectivity index (χ2n) is 11.4. The largest absolute Gasteiger partial charge is 0.350 e. The highest BCUT2D eigenvalue weighted by Crippen LogP contribution is 2.27. The summed E-state index contributed by atoms with van der Waals surface area (Å²) in [5, 5.41) is 10.6. The monoisotopic (exact) mass is 591 g/mol. The highest BCUT2D eigenvalue weighted by molar-refractivity contribution is 5.98. The molecule has 0 aliphatic carbocycles. The lowest BCUT2D eigenvalue weighted by Gasteiger charge is -2.29. The quantitative estimate of drug-likeness (QED) is 0.122. The molecule has 2 unspecified atom stereocenters. The predicted octanol–water partition coefficient (Wildman–Crippen LogP) is 3.25. The van der Waals surface area contributed by atoms with Gasteiger partial charge in [0.25, 0.3) is 11.9 Å². The molecule has 0 aromatic heterocycles. The number of carbonyl (C=O) groups excluding carboxylic acids is 2. The average Bonchev–Trinajstić information content (AvgIpc) is 3.22. The molecule has 6 N–H and O–H groups in total. The van der Waals surface area contributed by atoms with E-state index in [-0.39, 0.29) is 29.8 Å². The van der Waals surface area contributed by atoms with E-state index in [1.165, 1.54) is 11.1 Å². The molecule has 2 atom stereocenters. The summed E-state index contributed by atoms with van der Waals surface area (Å²) in [4.78, 5) is 33.6. The third kappa shape index (κ3) is 8.09. The number of nitrogens with zero attached hydrogens (tertiary/aromatic N) is 2. The molecule has 8 nitrogen and oxygen atoms in total. The number of quaternary nitrogens is 1. The summed E-state index contributed by atoms with van der Waals surface area (Å²) < 4.78 is 0. The van der Waals surface area contributed by atoms with Crippen molar-refractivity contribution in [1.82, 2.24) is 15.5 Å². The number of nitrogens with two attached hydrogens (primary N) is 2. The summed E-state index contributed by atoms with van der Waals surface area (Å²) >= 11 is 0. The van der Waals surface area contributed by atoms with E-state index in [1.807, 2.05) is 90.8 Å². The molecule has 1 aliphatic rings. The Balaban J connectivity index is 1.31. The number of aliphatic imine (C=N–C) groups is 1. The van der Waals surface area contributed by atoms with Crippen molar-refractivity contribution in [3.63, 3.8) is 0 Å². The van der Waals surface area contributed by atoms with Crippen LogP contribution in [-0.4, -0.2) is 68.0 Å². The van der Waals surface area contributed by atoms with Crippen LogP contribution in [0.3, 0.4) is 0 Å². The zero-order valence-electron chi connectivity index (χ0n) is 25.4. The van der Waals surface area contributed by atoms with Crippen LogP contribution >= 0.6 is 0 Å². The standard InChI is InChI=1S/C36H42N6O2/c1-38-36(37)39-21-10-17-33-35(44)42(25-32(27-12-4-2-5-13-27)28-14-6-3-7-15-28)22-20-31(41-33)24-40-34(43)30-19-18-26-11-8-9-16-29(26)23-30/h2-9,11-16,18-19,23,31-33,41H,10,17,20-22,24-25H2,1H3,(H,40,43)(H3,37,38,39)/p+1. The molecule has 4 aromatic rings. The summed E-state index contributed by atoms with van der Waals surface area (Å²) in [5.74, 6) is 0.532. The van der Waals surface area contributed by atoms with E-state index in [1.54, 1.807) is 5.32 Å². The third-order valence-electron chi connectivity index (χ3n) is 8.36. The number of rotatable bonds is 11. The van der Waals surface area contributed by atoms with Gasteiger partial charge in [0.2, 0.25) is 5.91 Å². The van der Waals surface area contributed by atoms with Crippen molar-refractivity contribution in [2.45, 2.75) is 37.3 Å². The predicted molar refractivity (Wildman–Crippen MR) is 176 cm³/mol. The van der Waals surface area contributed by atoms with Gasteiger partial charge >= 0.3 is 0 Å². The molecule has 1 fully saturated rings. The zero-order valence-corrected chi connectivity index (χ0v) is 25.4. The first-order chi connectivity index (χ1) is 21.5. The molecular formula is C36H43N6O2+. The number of amides is 2. The molecule has 0 saturated carbocycles. The summed E-state index contributed by atoms with van der Waals surface area (Å²) in [6.45, 7) is 2.17. The van der Waals surface area contributed by atoms with Crippen molar-refractivity contribution >= 4 is 28.5 Å². The van der Waals surface area contributed by atoms with Gasteiger partial charge in [0.05, 0.1) is 13.1 Å². The highest BCUT2D eigenvalue weighted by Gasteiger charge is 2.32. The molecule has 0 bridgehead atoms. The molecule has 1 saturated heterocycles. The van der Waals surface area contributed by atoms with E-state index in [0.717, 1.165) is 23.6 Å². The van der Waals surface area contributed by atoms with Crippen LogP contribution in [0.25, 0.3) is 10.8 Å². The molecule has 5 rings (SSSR count). The van der Waals surface area contributed by atoms with E-state index >= 15 is 0 Å². The van der Waals surface area contributed by atoms with Gasteiger partial charge in [0.15, 0.2) is 0 Å². The van der Waals surface area contributed by atoms with E-state index in [9.17, 15) is 9.59 Å². The number of hydrogen-bond donors (Lipinski definition) is 4. The summed E-state index contributed by atoms with van der Waals surface area (Å²) in [6.07, 6.45) is 2.08. The van der Waals surface area contributed by atoms with Crippen molar-refractivity contribution in [3.8, 4) is 0 Å². The van der Waals surface area contributed by atoms with Crippen LogP contribution in [0.15, 0.2) is 108 Å². The van der Waals surface area contributed by atoms with Crippen molar-refractivity contribution in [1.29, 1.82) is 0 Å². The van der Waals surface area contributed by atoms with Crippen LogP contribution in [-0.2, 0) is 4.79 Å². The van der Waals surface area contributed by atoms with E-state index < -0.39 is 0 Å². The second-order valence-corrected chi connectivity index (χ2v) is 11.4. The number of fused-ring (bicyclic) bond motifs is 1. The second kappa shape index (κ2) is 15.3. The lowest BCUT2D eigenvalue weighted by atomic mass is 9.90. The molecule has 1 aliphatic heterocycles. The van der Waals surface area contributed by atoms with E-state index in [2.05, 4.69) is 39.9 Å². The van der Waals surface area contributed by atoms with Crippen molar-refractivity contribution in [2.24, 2.45) is 10.7 Å². The van der Waals surface area contributed by atoms with Crippen molar-refractivity contribution in [2.75, 3.05) is 33.2 Å². The van der Waals surface area contributed by atoms with Gasteiger partial charge in [-0.25, -0.2) is 4.99 Å². The van der Waals surface area contributed by atoms with Crippen LogP contribution in [0, 0.1) is 0 Å². The number of benzene rings is 4. The Hall–Kier alpha value is -4.53. The van der Waals surface area contributed by atoms with Gasteiger partial charge < -0.3 is 21.3 Å². The summed E-state index contributed by atoms with van der Waals surface area (Å²) in [6, 6.07) is 34.1. The molecule has 0 radical (unpaired) electrons. The Morgan fingerprint density at radius 1 is 0.977 bits per heavy atom. The normalized spacial score (nSPS) is 17.5. The van der Waals surface area contributed by atoms with Crippen LogP contribution in [0.1, 0.15) is 46.7 Å². The number of carbonyl (C=O) groups is 2. The topological polar surface area (TPSA) is 116 Å². The van der Waals surface area contributed by atoms with Crippen molar-refractivity contribution < 1.29 is 14.9 Å². The first-order valence-electron chi connectivity index (χ1n) is 15.5. The fraction of sp³-hybridized carbons (Fsp3) is 0.306. The maximum Gasteiger partial charge on any atom is 0.291 e. The lowest BCUT2D eigenvalue weighted by Crippen LogP contribution is -2.86. The van der Waals surface area contributed by atoms with Crippen molar-refractivity contribution in [3.05, 3.63) is 120 Å². The fourth-order valence-electron chi connectivity index (χ4n) is 5.87. The minimum Gasteiger partial charge on any atom is -0.350 e. The SMILES string of the molecule is C[NH2+]C(N)=NCCCC1NC(CNC(=O)c2ccc3ccccc3c2)CCN(CC(c2ccccc2)c2ccccc2)C1=O. The van der Waals surface area contributed by atoms with Crippen LogP contribution in [0.4, 0.5) is 0 Å². The lowest BCUT2D eigenvalue weighted by molar-refractivity contribution is -0.508. The van der Waals surface area contributed by atoms with Gasteiger partial charge in [-0.1, -0.05) is 91.0 Å². The Kier molecular flexibility index (Phi) is 10.7. The van der Waals surface area contributed by atoms with Crippen LogP contribution < -0.4 is 21.7 Å². The van der Waals surface area contributed by atoms with Crippen LogP contribution in [0.5, 0.6) is 0 Å². The maximum atomic E-state index is 14.1. The first kappa shape index (κ1) is 30.9. The number of guanidine groups is 1. The molecule has 8 heteroatoms. The molecule has 44 heavy (non-hydrogen) atoms. The molecule has 4 aromatic carbocycles. The van der Waals surface area contributed by atoms with Gasteiger partial charge in [-0.05, 0) is 53.3 Å². The molecule has 0 spiro atoms. The zero-order chi connectivity index (χ0) is 30.7. The van der Waals surface area contributed by atoms with Gasteiger partial charge in [0, 0.05) is 43.7 Å². The third-order valence-corrected chi connectivity index (χ3v) is 8.36. The maximum absolute atomic E-state index is 14.1. The van der Waals surface area contributed by atoms with Gasteiger partial charge in [0.1, 0.15) is 0 Å². The Bertz CT molecular complexity index is 1520. The Labute approximate surface area is 259 Å². The Morgan fingerprint density at radius 3 is 2.32 bits per heavy atom. The number of nitrogens with one attached hydrogen (secondary N) is 2. The van der Waals surface area contributed by atoms with Gasteiger partial charge in [-0.3, -0.25) is 14.9 Å². The molecule has 1 heterocycles. The average molecular weight is 592 g/mol. The van der Waals surface area contributed by atoms with E-state index in [4.69, 9.17) is 5.73 Å². The molecule has 2 amide bonds. The highest BCUT2D eigenvalue weighted by atomic mass is 16.2. The molecule has 228 valence electrons. The first-order valence-corrected chi connectivity index (χ1v) is 15.5. The molecular weight excluding hydrogens is 548 g/mol. The number of hydrogen-bond acceptors (Lipinski definition) is 4. The Morgan fingerprint density at radius 2 is 1.64 bits per heavy atom.